The Labute approximate surface area is 219 Å². The molecule has 0 atom stereocenters. The van der Waals surface area contributed by atoms with Gasteiger partial charge in [-0.05, 0) is 70.4 Å². The number of nitrogens with zero attached hydrogens (tertiary/aromatic N) is 2. The number of rotatable bonds is 10. The highest BCUT2D eigenvalue weighted by molar-refractivity contribution is 9.10. The molecule has 4 rings (SSSR count). The van der Waals surface area contributed by atoms with E-state index in [1.165, 1.54) is 0 Å². The summed E-state index contributed by atoms with van der Waals surface area (Å²) in [6.45, 7) is 1.32. The van der Waals surface area contributed by atoms with Crippen molar-refractivity contribution in [3.8, 4) is 28.6 Å². The summed E-state index contributed by atoms with van der Waals surface area (Å²) in [4.78, 5) is 34.2. The minimum absolute atomic E-state index is 0.175. The van der Waals surface area contributed by atoms with Crippen LogP contribution >= 0.6 is 23.8 Å². The van der Waals surface area contributed by atoms with Gasteiger partial charge in [0.15, 0.2) is 6.79 Å². The van der Waals surface area contributed by atoms with Gasteiger partial charge in [0.1, 0.15) is 17.2 Å². The minimum Gasteiger partial charge on any atom is -0.465 e. The molecule has 0 radical (unpaired) electrons. The molecule has 192 valence electrons. The van der Waals surface area contributed by atoms with Crippen LogP contribution in [0.5, 0.6) is 17.2 Å². The summed E-state index contributed by atoms with van der Waals surface area (Å²) in [5, 5.41) is 6.60. The molecule has 4 aromatic rings. The number of hydrogen-bond donors (Lipinski definition) is 3. The highest BCUT2D eigenvalue weighted by Gasteiger charge is 2.19. The summed E-state index contributed by atoms with van der Waals surface area (Å²) >= 11 is 3.34. The molecule has 37 heavy (non-hydrogen) atoms. The molecule has 0 saturated carbocycles. The first-order chi connectivity index (χ1) is 17.7. The predicted molar refractivity (Wildman–Crippen MR) is 135 cm³/mol. The average Bonchev–Trinajstić information content (AvgIpc) is 3.36. The normalized spacial score (nSPS) is 11.2. The zero-order chi connectivity index (χ0) is 26.4. The van der Waals surface area contributed by atoms with Gasteiger partial charge >= 0.3 is 19.6 Å². The number of phosphoric acid groups is 1. The minimum atomic E-state index is -4.65. The Morgan fingerprint density at radius 3 is 2.46 bits per heavy atom. The quantitative estimate of drug-likeness (QED) is 0.170. The molecule has 1 amide bonds. The van der Waals surface area contributed by atoms with Gasteiger partial charge in [0, 0.05) is 12.1 Å². The second kappa shape index (κ2) is 11.7. The van der Waals surface area contributed by atoms with Crippen LogP contribution in [-0.2, 0) is 15.6 Å². The third-order valence-corrected chi connectivity index (χ3v) is 5.92. The van der Waals surface area contributed by atoms with Gasteiger partial charge in [0.2, 0.25) is 5.82 Å². The number of aromatic nitrogens is 2. The van der Waals surface area contributed by atoms with E-state index in [2.05, 4.69) is 35.9 Å². The number of benzene rings is 3. The van der Waals surface area contributed by atoms with Crippen molar-refractivity contribution in [1.29, 1.82) is 0 Å². The number of hydrogen-bond acceptors (Lipinski definition) is 8. The molecule has 0 bridgehead atoms. The highest BCUT2D eigenvalue weighted by Crippen LogP contribution is 2.37. The number of ether oxygens (including phenoxy) is 2. The van der Waals surface area contributed by atoms with Crippen LogP contribution in [-0.4, -0.2) is 32.6 Å². The molecule has 0 spiro atoms. The second-order valence-electron chi connectivity index (χ2n) is 7.65. The summed E-state index contributed by atoms with van der Waals surface area (Å²) in [5.74, 6) is 1.16. The van der Waals surface area contributed by atoms with E-state index in [-0.39, 0.29) is 18.3 Å². The molecule has 13 heteroatoms. The first-order valence-electron chi connectivity index (χ1n) is 10.7. The van der Waals surface area contributed by atoms with Gasteiger partial charge in [-0.25, -0.2) is 9.09 Å². The summed E-state index contributed by atoms with van der Waals surface area (Å²) in [6.07, 6.45) is 0. The average molecular weight is 590 g/mol. The van der Waals surface area contributed by atoms with Gasteiger partial charge in [-0.1, -0.05) is 35.5 Å². The van der Waals surface area contributed by atoms with Crippen molar-refractivity contribution in [1.82, 2.24) is 15.5 Å². The number of amides is 1. The molecule has 11 nitrogen and oxygen atoms in total. The van der Waals surface area contributed by atoms with E-state index >= 15 is 0 Å². The van der Waals surface area contributed by atoms with Crippen molar-refractivity contribution < 1.29 is 37.7 Å². The van der Waals surface area contributed by atoms with Crippen LogP contribution in [0.1, 0.15) is 21.8 Å². The van der Waals surface area contributed by atoms with Crippen molar-refractivity contribution in [3.63, 3.8) is 0 Å². The number of carbonyl (C=O) groups is 1. The van der Waals surface area contributed by atoms with E-state index in [1.54, 1.807) is 19.1 Å². The summed E-state index contributed by atoms with van der Waals surface area (Å²) in [5.41, 5.74) is 1.99. The molecule has 0 aliphatic carbocycles. The molecule has 3 aromatic carbocycles. The zero-order valence-corrected chi connectivity index (χ0v) is 21.8. The fourth-order valence-corrected chi connectivity index (χ4v) is 4.05. The Morgan fingerprint density at radius 2 is 1.78 bits per heavy atom. The number of aryl methyl sites for hydroxylation is 1. The van der Waals surface area contributed by atoms with Crippen molar-refractivity contribution in [2.75, 3.05) is 6.79 Å². The Hall–Kier alpha value is -3.54. The van der Waals surface area contributed by atoms with Crippen LogP contribution in [0.25, 0.3) is 11.4 Å². The molecular formula is C24H21BrN3O8P. The fraction of sp³-hybridized carbons (Fsp3) is 0.125. The van der Waals surface area contributed by atoms with Crippen molar-refractivity contribution in [3.05, 3.63) is 88.2 Å². The number of halogens is 1. The number of nitrogens with one attached hydrogen (secondary N) is 1. The number of carbonyl (C=O) groups excluding carboxylic acids is 1. The molecule has 0 fully saturated rings. The maximum Gasteiger partial charge on any atom is 0.472 e. The van der Waals surface area contributed by atoms with Crippen LogP contribution < -0.4 is 14.8 Å². The van der Waals surface area contributed by atoms with E-state index in [1.807, 2.05) is 54.6 Å². The van der Waals surface area contributed by atoms with E-state index in [0.29, 0.717) is 27.1 Å². The van der Waals surface area contributed by atoms with Crippen LogP contribution in [0.4, 0.5) is 0 Å². The SMILES string of the molecule is Cc1cc(-c2noc(C(=O)NCc3ccc(Oc4ccccc4)cc3)n2)cc(Br)c1OCOP(=O)(O)O. The Kier molecular flexibility index (Phi) is 8.37. The van der Waals surface area contributed by atoms with Gasteiger partial charge < -0.3 is 29.1 Å². The maximum atomic E-state index is 12.5. The summed E-state index contributed by atoms with van der Waals surface area (Å²) in [6, 6.07) is 20.0. The maximum absolute atomic E-state index is 12.5. The third-order valence-electron chi connectivity index (χ3n) is 4.89. The van der Waals surface area contributed by atoms with Crippen molar-refractivity contribution in [2.24, 2.45) is 0 Å². The van der Waals surface area contributed by atoms with Crippen LogP contribution in [0.2, 0.25) is 0 Å². The Balaban J connectivity index is 1.35. The summed E-state index contributed by atoms with van der Waals surface area (Å²) < 4.78 is 31.7. The lowest BCUT2D eigenvalue weighted by molar-refractivity contribution is 0.0817. The van der Waals surface area contributed by atoms with Gasteiger partial charge in [-0.2, -0.15) is 4.98 Å². The van der Waals surface area contributed by atoms with Gasteiger partial charge in [0.25, 0.3) is 0 Å². The lowest BCUT2D eigenvalue weighted by atomic mass is 10.1. The molecule has 0 saturated heterocycles. The molecule has 0 aliphatic heterocycles. The first kappa shape index (κ1) is 26.5. The molecule has 3 N–H and O–H groups in total. The number of para-hydroxylation sites is 1. The van der Waals surface area contributed by atoms with Gasteiger partial charge in [0.05, 0.1) is 4.47 Å². The first-order valence-corrected chi connectivity index (χ1v) is 13.1. The second-order valence-corrected chi connectivity index (χ2v) is 9.74. The van der Waals surface area contributed by atoms with E-state index in [0.717, 1.165) is 11.3 Å². The largest absolute Gasteiger partial charge is 0.472 e. The lowest BCUT2D eigenvalue weighted by Gasteiger charge is -2.12. The molecular weight excluding hydrogens is 569 g/mol. The highest BCUT2D eigenvalue weighted by atomic mass is 79.9. The lowest BCUT2D eigenvalue weighted by Crippen LogP contribution is -2.23. The van der Waals surface area contributed by atoms with Gasteiger partial charge in [-0.3, -0.25) is 4.79 Å². The number of phosphoric ester groups is 1. The Morgan fingerprint density at radius 1 is 1.08 bits per heavy atom. The molecule has 0 unspecified atom stereocenters. The van der Waals surface area contributed by atoms with E-state index < -0.39 is 20.5 Å². The van der Waals surface area contributed by atoms with Crippen molar-refractivity contribution >= 4 is 29.7 Å². The molecule has 1 heterocycles. The Bertz CT molecular complexity index is 1400. The monoisotopic (exact) mass is 589 g/mol. The standard InChI is InChI=1S/C24H21BrN3O8P/c1-15-11-17(12-20(25)21(15)33-14-34-37(30,31)32)22-27-24(36-28-22)23(29)26-13-16-7-9-19(10-8-16)35-18-5-3-2-4-6-18/h2-12H,13-14H2,1H3,(H,26,29)(H2,30,31,32). The molecule has 1 aromatic heterocycles. The molecule has 0 aliphatic rings. The van der Waals surface area contributed by atoms with E-state index in [9.17, 15) is 9.36 Å². The van der Waals surface area contributed by atoms with Crippen LogP contribution in [0.15, 0.2) is 75.7 Å². The predicted octanol–water partition coefficient (Wildman–Crippen LogP) is 4.98. The zero-order valence-electron chi connectivity index (χ0n) is 19.3. The fourth-order valence-electron chi connectivity index (χ4n) is 3.19. The summed E-state index contributed by atoms with van der Waals surface area (Å²) in [7, 11) is -4.65. The van der Waals surface area contributed by atoms with Crippen LogP contribution in [0.3, 0.4) is 0 Å². The van der Waals surface area contributed by atoms with E-state index in [4.69, 9.17) is 23.8 Å². The van der Waals surface area contributed by atoms with Crippen molar-refractivity contribution in [2.45, 2.75) is 13.5 Å². The third kappa shape index (κ3) is 7.48. The van der Waals surface area contributed by atoms with Crippen LogP contribution in [0, 0.1) is 6.92 Å². The smallest absolute Gasteiger partial charge is 0.465 e. The van der Waals surface area contributed by atoms with Gasteiger partial charge in [-0.15, -0.1) is 0 Å². The topological polar surface area (TPSA) is 153 Å².